The predicted molar refractivity (Wildman–Crippen MR) is 43.2 cm³/mol. The van der Waals surface area contributed by atoms with E-state index in [1.165, 1.54) is 0 Å². The summed E-state index contributed by atoms with van der Waals surface area (Å²) in [5.74, 6) is 0.643. The van der Waals surface area contributed by atoms with E-state index in [0.29, 0.717) is 12.2 Å². The third-order valence-electron chi connectivity index (χ3n) is 1.59. The summed E-state index contributed by atoms with van der Waals surface area (Å²) in [7, 11) is 0. The molecule has 0 bridgehead atoms. The van der Waals surface area contributed by atoms with Crippen molar-refractivity contribution in [2.75, 3.05) is 0 Å². The van der Waals surface area contributed by atoms with Crippen molar-refractivity contribution in [3.63, 3.8) is 0 Å². The zero-order valence-corrected chi connectivity index (χ0v) is 6.58. The molecule has 0 aliphatic carbocycles. The Hall–Kier alpha value is -1.02. The lowest BCUT2D eigenvalue weighted by Crippen LogP contribution is -1.94. The number of aliphatic hydroxyl groups excluding tert-OH is 1. The van der Waals surface area contributed by atoms with Crippen molar-refractivity contribution in [1.82, 2.24) is 0 Å². The number of aryl methyl sites for hydroxylation is 1. The molecular formula is C9H12O2. The van der Waals surface area contributed by atoms with E-state index < -0.39 is 6.10 Å². The molecule has 1 heterocycles. The third kappa shape index (κ3) is 1.71. The SMILES string of the molecule is C=CCC(O)c1occc1C. The topological polar surface area (TPSA) is 33.4 Å². The van der Waals surface area contributed by atoms with Crippen molar-refractivity contribution >= 4 is 0 Å². The lowest BCUT2D eigenvalue weighted by Gasteiger charge is -2.04. The Labute approximate surface area is 66.2 Å². The van der Waals surface area contributed by atoms with Crippen molar-refractivity contribution < 1.29 is 9.52 Å². The van der Waals surface area contributed by atoms with E-state index in [1.807, 2.05) is 13.0 Å². The maximum Gasteiger partial charge on any atom is 0.135 e. The number of furan rings is 1. The standard InChI is InChI=1S/C9H12O2/c1-3-4-8(10)9-7(2)5-6-11-9/h3,5-6,8,10H,1,4H2,2H3. The Morgan fingerprint density at radius 3 is 3.00 bits per heavy atom. The highest BCUT2D eigenvalue weighted by Gasteiger charge is 2.10. The molecular weight excluding hydrogens is 140 g/mol. The van der Waals surface area contributed by atoms with Crippen LogP contribution < -0.4 is 0 Å². The van der Waals surface area contributed by atoms with Crippen LogP contribution in [0.25, 0.3) is 0 Å². The highest BCUT2D eigenvalue weighted by molar-refractivity contribution is 5.17. The van der Waals surface area contributed by atoms with Crippen LogP contribution in [0.4, 0.5) is 0 Å². The van der Waals surface area contributed by atoms with Crippen molar-refractivity contribution in [2.45, 2.75) is 19.4 Å². The Kier molecular flexibility index (Phi) is 2.49. The van der Waals surface area contributed by atoms with Crippen LogP contribution in [-0.4, -0.2) is 5.11 Å². The molecule has 1 atom stereocenters. The molecule has 0 saturated heterocycles. The smallest absolute Gasteiger partial charge is 0.135 e. The lowest BCUT2D eigenvalue weighted by molar-refractivity contribution is 0.152. The first kappa shape index (κ1) is 8.08. The predicted octanol–water partition coefficient (Wildman–Crippen LogP) is 2.20. The molecule has 1 rings (SSSR count). The van der Waals surface area contributed by atoms with Gasteiger partial charge in [-0.3, -0.25) is 0 Å². The van der Waals surface area contributed by atoms with E-state index in [-0.39, 0.29) is 0 Å². The highest BCUT2D eigenvalue weighted by Crippen LogP contribution is 2.21. The van der Waals surface area contributed by atoms with Gasteiger partial charge in [-0.1, -0.05) is 6.08 Å². The molecule has 0 aliphatic heterocycles. The van der Waals surface area contributed by atoms with Crippen LogP contribution in [0.3, 0.4) is 0 Å². The van der Waals surface area contributed by atoms with Crippen LogP contribution in [0.2, 0.25) is 0 Å². The highest BCUT2D eigenvalue weighted by atomic mass is 16.4. The second-order valence-corrected chi connectivity index (χ2v) is 2.51. The molecule has 0 aliphatic rings. The minimum Gasteiger partial charge on any atom is -0.466 e. The Bertz CT molecular complexity index is 237. The quantitative estimate of drug-likeness (QED) is 0.673. The van der Waals surface area contributed by atoms with Crippen molar-refractivity contribution in [2.24, 2.45) is 0 Å². The molecule has 0 amide bonds. The number of hydrogen-bond donors (Lipinski definition) is 1. The van der Waals surface area contributed by atoms with Gasteiger partial charge in [-0.05, 0) is 25.0 Å². The monoisotopic (exact) mass is 152 g/mol. The normalized spacial score (nSPS) is 12.9. The van der Waals surface area contributed by atoms with Gasteiger partial charge in [0, 0.05) is 0 Å². The minimum atomic E-state index is -0.539. The molecule has 2 heteroatoms. The van der Waals surface area contributed by atoms with Gasteiger partial charge in [0.1, 0.15) is 11.9 Å². The average Bonchev–Trinajstić information content (AvgIpc) is 2.36. The fraction of sp³-hybridized carbons (Fsp3) is 0.333. The second-order valence-electron chi connectivity index (χ2n) is 2.51. The number of hydrogen-bond acceptors (Lipinski definition) is 2. The van der Waals surface area contributed by atoms with E-state index in [9.17, 15) is 5.11 Å². The summed E-state index contributed by atoms with van der Waals surface area (Å²) in [6.07, 6.45) is 3.25. The molecule has 60 valence electrons. The first-order valence-corrected chi connectivity index (χ1v) is 3.58. The second kappa shape index (κ2) is 3.39. The van der Waals surface area contributed by atoms with E-state index in [1.54, 1.807) is 12.3 Å². The van der Waals surface area contributed by atoms with Gasteiger partial charge in [-0.15, -0.1) is 6.58 Å². The fourth-order valence-corrected chi connectivity index (χ4v) is 0.991. The van der Waals surface area contributed by atoms with Gasteiger partial charge in [0.15, 0.2) is 0 Å². The number of rotatable bonds is 3. The molecule has 1 N–H and O–H groups in total. The van der Waals surface area contributed by atoms with Crippen molar-refractivity contribution in [3.05, 3.63) is 36.3 Å². The van der Waals surface area contributed by atoms with Gasteiger partial charge in [-0.2, -0.15) is 0 Å². The summed E-state index contributed by atoms with van der Waals surface area (Å²) in [6, 6.07) is 1.83. The summed E-state index contributed by atoms with van der Waals surface area (Å²) >= 11 is 0. The molecule has 0 fully saturated rings. The average molecular weight is 152 g/mol. The molecule has 0 aromatic carbocycles. The summed E-state index contributed by atoms with van der Waals surface area (Å²) in [4.78, 5) is 0. The molecule has 1 aromatic rings. The van der Waals surface area contributed by atoms with Crippen LogP contribution in [-0.2, 0) is 0 Å². The van der Waals surface area contributed by atoms with Gasteiger partial charge in [0.05, 0.1) is 6.26 Å². The maximum atomic E-state index is 9.43. The zero-order valence-electron chi connectivity index (χ0n) is 6.58. The Balaban J connectivity index is 2.74. The lowest BCUT2D eigenvalue weighted by atomic mass is 10.1. The first-order chi connectivity index (χ1) is 5.25. The van der Waals surface area contributed by atoms with Gasteiger partial charge >= 0.3 is 0 Å². The van der Waals surface area contributed by atoms with Crippen LogP contribution in [0, 0.1) is 6.92 Å². The van der Waals surface area contributed by atoms with E-state index in [0.717, 1.165) is 5.56 Å². The summed E-state index contributed by atoms with van der Waals surface area (Å²) in [5, 5.41) is 9.43. The molecule has 0 saturated carbocycles. The van der Waals surface area contributed by atoms with Gasteiger partial charge < -0.3 is 9.52 Å². The molecule has 2 nitrogen and oxygen atoms in total. The van der Waals surface area contributed by atoms with Crippen LogP contribution in [0.1, 0.15) is 23.8 Å². The largest absolute Gasteiger partial charge is 0.466 e. The Morgan fingerprint density at radius 1 is 1.82 bits per heavy atom. The van der Waals surface area contributed by atoms with Crippen molar-refractivity contribution in [3.8, 4) is 0 Å². The molecule has 11 heavy (non-hydrogen) atoms. The minimum absolute atomic E-state index is 0.536. The van der Waals surface area contributed by atoms with Crippen molar-refractivity contribution in [1.29, 1.82) is 0 Å². The molecule has 1 aromatic heterocycles. The van der Waals surface area contributed by atoms with Gasteiger partial charge in [-0.25, -0.2) is 0 Å². The third-order valence-corrected chi connectivity index (χ3v) is 1.59. The van der Waals surface area contributed by atoms with E-state index in [4.69, 9.17) is 4.42 Å². The van der Waals surface area contributed by atoms with E-state index in [2.05, 4.69) is 6.58 Å². The van der Waals surface area contributed by atoms with Crippen LogP contribution in [0.15, 0.2) is 29.4 Å². The molecule has 0 spiro atoms. The fourth-order valence-electron chi connectivity index (χ4n) is 0.991. The van der Waals surface area contributed by atoms with Crippen LogP contribution >= 0.6 is 0 Å². The van der Waals surface area contributed by atoms with Gasteiger partial charge in [0.25, 0.3) is 0 Å². The summed E-state index contributed by atoms with van der Waals surface area (Å²) in [6.45, 7) is 5.45. The molecule has 1 unspecified atom stereocenters. The summed E-state index contributed by atoms with van der Waals surface area (Å²) in [5.41, 5.74) is 0.986. The Morgan fingerprint density at radius 2 is 2.55 bits per heavy atom. The maximum absolute atomic E-state index is 9.43. The summed E-state index contributed by atoms with van der Waals surface area (Å²) < 4.78 is 5.08. The van der Waals surface area contributed by atoms with Crippen LogP contribution in [0.5, 0.6) is 0 Å². The molecule has 0 radical (unpaired) electrons. The zero-order chi connectivity index (χ0) is 8.27. The van der Waals surface area contributed by atoms with Gasteiger partial charge in [0.2, 0.25) is 0 Å². The first-order valence-electron chi connectivity index (χ1n) is 3.58. The van der Waals surface area contributed by atoms with E-state index >= 15 is 0 Å². The number of aliphatic hydroxyl groups is 1.